The predicted octanol–water partition coefficient (Wildman–Crippen LogP) is 1.04. The summed E-state index contributed by atoms with van der Waals surface area (Å²) >= 11 is 0. The number of benzene rings is 1. The number of hydrogen-bond donors (Lipinski definition) is 4. The van der Waals surface area contributed by atoms with Crippen LogP contribution >= 0.6 is 0 Å². The zero-order chi connectivity index (χ0) is 16.4. The number of nitrogens with zero attached hydrogens (tertiary/aromatic N) is 2. The topological polar surface area (TPSA) is 94.7 Å². The van der Waals surface area contributed by atoms with E-state index in [9.17, 15) is 9.18 Å². The summed E-state index contributed by atoms with van der Waals surface area (Å²) in [5.74, 6) is 0.776. The Morgan fingerprint density at radius 2 is 2.17 bits per heavy atom. The first-order valence-corrected chi connectivity index (χ1v) is 7.49. The average molecular weight is 318 g/mol. The van der Waals surface area contributed by atoms with Crippen LogP contribution in [0.1, 0.15) is 42.6 Å². The highest BCUT2D eigenvalue weighted by Crippen LogP contribution is 2.24. The first-order chi connectivity index (χ1) is 11.0. The molecule has 0 bridgehead atoms. The Hall–Kier alpha value is -2.32. The number of H-pyrrole nitrogens is 1. The van der Waals surface area contributed by atoms with Crippen molar-refractivity contribution < 1.29 is 9.18 Å². The summed E-state index contributed by atoms with van der Waals surface area (Å²) < 4.78 is 13.8. The summed E-state index contributed by atoms with van der Waals surface area (Å²) in [7, 11) is 0. The van der Waals surface area contributed by atoms with E-state index in [4.69, 9.17) is 0 Å². The van der Waals surface area contributed by atoms with Gasteiger partial charge in [0, 0.05) is 5.56 Å². The van der Waals surface area contributed by atoms with Gasteiger partial charge in [0.25, 0.3) is 0 Å². The molecule has 0 saturated carbocycles. The quantitative estimate of drug-likeness (QED) is 0.676. The Morgan fingerprint density at radius 1 is 1.39 bits per heavy atom. The van der Waals surface area contributed by atoms with Crippen molar-refractivity contribution >= 4 is 5.91 Å². The number of rotatable bonds is 4. The van der Waals surface area contributed by atoms with Crippen molar-refractivity contribution in [2.45, 2.75) is 38.4 Å². The highest BCUT2D eigenvalue weighted by atomic mass is 19.1. The van der Waals surface area contributed by atoms with Crippen molar-refractivity contribution in [3.63, 3.8) is 0 Å². The van der Waals surface area contributed by atoms with Crippen LogP contribution in [0.5, 0.6) is 0 Å². The minimum absolute atomic E-state index is 0.175. The highest BCUT2D eigenvalue weighted by molar-refractivity contribution is 5.82. The van der Waals surface area contributed by atoms with Crippen molar-refractivity contribution in [2.75, 3.05) is 0 Å². The Kier molecular flexibility index (Phi) is 4.35. The molecule has 2 heterocycles. The van der Waals surface area contributed by atoms with Crippen LogP contribution in [0.15, 0.2) is 24.3 Å². The maximum absolute atomic E-state index is 13.8. The summed E-state index contributed by atoms with van der Waals surface area (Å²) in [5, 5.41) is 9.64. The molecular formula is C15H19FN6O. The van der Waals surface area contributed by atoms with Crippen LogP contribution in [0.25, 0.3) is 0 Å². The van der Waals surface area contributed by atoms with Gasteiger partial charge in [0.05, 0.1) is 12.1 Å². The van der Waals surface area contributed by atoms with Gasteiger partial charge in [-0.2, -0.15) is 5.10 Å². The SMILES string of the molecule is Cc1nc(C(C)NC(=O)C2CC(c3ccccc3F)NN2)n[nH]1. The van der Waals surface area contributed by atoms with Crippen molar-refractivity contribution in [1.82, 2.24) is 31.3 Å². The maximum atomic E-state index is 13.8. The second kappa shape index (κ2) is 6.43. The number of hydrazine groups is 1. The van der Waals surface area contributed by atoms with E-state index in [1.54, 1.807) is 25.1 Å². The van der Waals surface area contributed by atoms with E-state index in [1.165, 1.54) is 6.07 Å². The molecule has 1 aliphatic heterocycles. The zero-order valence-corrected chi connectivity index (χ0v) is 12.9. The summed E-state index contributed by atoms with van der Waals surface area (Å²) in [4.78, 5) is 16.5. The van der Waals surface area contributed by atoms with Crippen LogP contribution in [0.4, 0.5) is 4.39 Å². The number of nitrogens with one attached hydrogen (secondary N) is 4. The molecule has 8 heteroatoms. The van der Waals surface area contributed by atoms with Crippen LogP contribution < -0.4 is 16.2 Å². The molecule has 4 N–H and O–H groups in total. The number of carbonyl (C=O) groups is 1. The van der Waals surface area contributed by atoms with Crippen LogP contribution in [0.3, 0.4) is 0 Å². The second-order valence-corrected chi connectivity index (χ2v) is 5.66. The Morgan fingerprint density at radius 3 is 2.87 bits per heavy atom. The van der Waals surface area contributed by atoms with Crippen molar-refractivity contribution in [1.29, 1.82) is 0 Å². The Bertz CT molecular complexity index is 703. The summed E-state index contributed by atoms with van der Waals surface area (Å²) in [5.41, 5.74) is 6.44. The Balaban J connectivity index is 1.60. The molecule has 1 aromatic heterocycles. The normalized spacial score (nSPS) is 22.0. The largest absolute Gasteiger partial charge is 0.345 e. The van der Waals surface area contributed by atoms with E-state index >= 15 is 0 Å². The first kappa shape index (κ1) is 15.6. The van der Waals surface area contributed by atoms with Gasteiger partial charge in [0.2, 0.25) is 5.91 Å². The lowest BCUT2D eigenvalue weighted by molar-refractivity contribution is -0.123. The number of aryl methyl sites for hydroxylation is 1. The molecule has 1 amide bonds. The van der Waals surface area contributed by atoms with Gasteiger partial charge in [0.1, 0.15) is 17.7 Å². The molecule has 1 fully saturated rings. The fraction of sp³-hybridized carbons (Fsp3) is 0.400. The number of halogens is 1. The lowest BCUT2D eigenvalue weighted by Gasteiger charge is -2.14. The number of aromatic amines is 1. The van der Waals surface area contributed by atoms with Gasteiger partial charge in [-0.05, 0) is 26.3 Å². The number of carbonyl (C=O) groups excluding carboxylic acids is 1. The van der Waals surface area contributed by atoms with Crippen molar-refractivity contribution in [3.05, 3.63) is 47.3 Å². The Labute approximate surface area is 133 Å². The third kappa shape index (κ3) is 3.38. The number of aromatic nitrogens is 3. The predicted molar refractivity (Wildman–Crippen MR) is 81.5 cm³/mol. The standard InChI is InChI=1S/C15H19FN6O/c1-8(14-18-9(2)19-22-14)17-15(23)13-7-12(20-21-13)10-5-3-4-6-11(10)16/h3-6,8,12-13,20-21H,7H2,1-2H3,(H,17,23)(H,18,19,22). The van der Waals surface area contributed by atoms with Gasteiger partial charge in [-0.1, -0.05) is 18.2 Å². The third-order valence-electron chi connectivity index (χ3n) is 3.86. The molecule has 1 aliphatic rings. The zero-order valence-electron chi connectivity index (χ0n) is 12.9. The minimum atomic E-state index is -0.443. The molecule has 1 saturated heterocycles. The molecule has 1 aromatic carbocycles. The van der Waals surface area contributed by atoms with Gasteiger partial charge >= 0.3 is 0 Å². The van der Waals surface area contributed by atoms with Gasteiger partial charge < -0.3 is 5.32 Å². The van der Waals surface area contributed by atoms with Crippen molar-refractivity contribution in [3.8, 4) is 0 Å². The van der Waals surface area contributed by atoms with Crippen LogP contribution in [-0.4, -0.2) is 27.1 Å². The number of hydrogen-bond acceptors (Lipinski definition) is 5. The summed E-state index contributed by atoms with van der Waals surface area (Å²) in [6.07, 6.45) is 0.465. The van der Waals surface area contributed by atoms with E-state index in [0.717, 1.165) is 0 Å². The van der Waals surface area contributed by atoms with E-state index in [-0.39, 0.29) is 23.8 Å². The maximum Gasteiger partial charge on any atom is 0.239 e. The van der Waals surface area contributed by atoms with E-state index in [0.29, 0.717) is 23.6 Å². The first-order valence-electron chi connectivity index (χ1n) is 7.49. The fourth-order valence-electron chi connectivity index (χ4n) is 2.62. The minimum Gasteiger partial charge on any atom is -0.345 e. The highest BCUT2D eigenvalue weighted by Gasteiger charge is 2.32. The van der Waals surface area contributed by atoms with Crippen LogP contribution in [-0.2, 0) is 4.79 Å². The molecule has 23 heavy (non-hydrogen) atoms. The molecule has 3 atom stereocenters. The lowest BCUT2D eigenvalue weighted by atomic mass is 10.0. The van der Waals surface area contributed by atoms with Crippen LogP contribution in [0.2, 0.25) is 0 Å². The molecule has 2 aromatic rings. The number of amides is 1. The third-order valence-corrected chi connectivity index (χ3v) is 3.86. The van der Waals surface area contributed by atoms with E-state index < -0.39 is 6.04 Å². The van der Waals surface area contributed by atoms with Gasteiger partial charge in [-0.15, -0.1) is 0 Å². The van der Waals surface area contributed by atoms with Gasteiger partial charge in [0.15, 0.2) is 5.82 Å². The molecule has 0 radical (unpaired) electrons. The molecule has 0 spiro atoms. The summed E-state index contributed by atoms with van der Waals surface area (Å²) in [6, 6.07) is 5.57. The molecule has 7 nitrogen and oxygen atoms in total. The fourth-order valence-corrected chi connectivity index (χ4v) is 2.62. The smallest absolute Gasteiger partial charge is 0.239 e. The van der Waals surface area contributed by atoms with E-state index in [2.05, 4.69) is 31.3 Å². The molecule has 3 unspecified atom stereocenters. The molecule has 0 aliphatic carbocycles. The summed E-state index contributed by atoms with van der Waals surface area (Å²) in [6.45, 7) is 3.61. The monoisotopic (exact) mass is 318 g/mol. The molecule has 122 valence electrons. The lowest BCUT2D eigenvalue weighted by Crippen LogP contribution is -2.44. The molecular weight excluding hydrogens is 299 g/mol. The van der Waals surface area contributed by atoms with Crippen LogP contribution in [0, 0.1) is 12.7 Å². The van der Waals surface area contributed by atoms with Crippen molar-refractivity contribution in [2.24, 2.45) is 0 Å². The average Bonchev–Trinajstić information content (AvgIpc) is 3.16. The van der Waals surface area contributed by atoms with E-state index in [1.807, 2.05) is 6.92 Å². The second-order valence-electron chi connectivity index (χ2n) is 5.66. The van der Waals surface area contributed by atoms with Gasteiger partial charge in [-0.25, -0.2) is 20.2 Å². The molecule has 3 rings (SSSR count). The van der Waals surface area contributed by atoms with Gasteiger partial charge in [-0.3, -0.25) is 9.89 Å².